The lowest BCUT2D eigenvalue weighted by Gasteiger charge is -2.12. The number of aryl methyl sites for hydroxylation is 1. The fraction of sp³-hybridized carbons (Fsp3) is 0.400. The third kappa shape index (κ3) is 3.38. The molecule has 20 heavy (non-hydrogen) atoms. The Hall–Kier alpha value is -1.39. The Kier molecular flexibility index (Phi) is 5.15. The number of nitrogens with zero attached hydrogens (tertiary/aromatic N) is 2. The number of imidazole rings is 1. The molecular formula is C15H19ClFN3. The van der Waals surface area contributed by atoms with E-state index >= 15 is 0 Å². The molecule has 3 nitrogen and oxygen atoms in total. The number of hydrogen-bond acceptors (Lipinski definition) is 2. The van der Waals surface area contributed by atoms with Gasteiger partial charge in [0.1, 0.15) is 11.6 Å². The minimum absolute atomic E-state index is 0.188. The van der Waals surface area contributed by atoms with Gasteiger partial charge in [-0.2, -0.15) is 0 Å². The van der Waals surface area contributed by atoms with E-state index in [-0.39, 0.29) is 10.8 Å². The largest absolute Gasteiger partial charge is 0.327 e. The highest BCUT2D eigenvalue weighted by molar-refractivity contribution is 6.31. The molecular weight excluding hydrogens is 277 g/mol. The normalized spacial score (nSPS) is 11.0. The van der Waals surface area contributed by atoms with Gasteiger partial charge in [-0.3, -0.25) is 0 Å². The first-order valence-corrected chi connectivity index (χ1v) is 7.16. The molecule has 0 unspecified atom stereocenters. The zero-order valence-electron chi connectivity index (χ0n) is 11.8. The molecule has 1 aromatic heterocycles. The van der Waals surface area contributed by atoms with Gasteiger partial charge in [-0.1, -0.05) is 30.7 Å². The van der Waals surface area contributed by atoms with Crippen molar-refractivity contribution >= 4 is 11.6 Å². The van der Waals surface area contributed by atoms with Gasteiger partial charge in [0, 0.05) is 12.7 Å². The van der Waals surface area contributed by atoms with Crippen LogP contribution in [0.4, 0.5) is 4.39 Å². The van der Waals surface area contributed by atoms with E-state index in [1.165, 1.54) is 6.07 Å². The Bertz CT molecular complexity index is 580. The maximum absolute atomic E-state index is 13.5. The van der Waals surface area contributed by atoms with Crippen molar-refractivity contribution in [2.75, 3.05) is 6.54 Å². The first-order chi connectivity index (χ1) is 9.63. The standard InChI is InChI=1S/C15H19ClFN3/c1-3-7-18-8-13-9-19-11(2)20(13)10-12-5-4-6-14(17)15(12)16/h4-6,9,18H,3,7-8,10H2,1-2H3. The summed E-state index contributed by atoms with van der Waals surface area (Å²) >= 11 is 6.02. The van der Waals surface area contributed by atoms with Crippen LogP contribution >= 0.6 is 11.6 Å². The Labute approximate surface area is 123 Å². The summed E-state index contributed by atoms with van der Waals surface area (Å²) in [7, 11) is 0. The van der Waals surface area contributed by atoms with E-state index < -0.39 is 0 Å². The minimum Gasteiger partial charge on any atom is -0.327 e. The van der Waals surface area contributed by atoms with Gasteiger partial charge in [0.15, 0.2) is 0 Å². The molecule has 1 aromatic carbocycles. The summed E-state index contributed by atoms with van der Waals surface area (Å²) in [5.41, 5.74) is 1.85. The molecule has 0 atom stereocenters. The van der Waals surface area contributed by atoms with Gasteiger partial charge >= 0.3 is 0 Å². The highest BCUT2D eigenvalue weighted by atomic mass is 35.5. The van der Waals surface area contributed by atoms with Gasteiger partial charge in [-0.15, -0.1) is 0 Å². The lowest BCUT2D eigenvalue weighted by Crippen LogP contribution is -2.17. The smallest absolute Gasteiger partial charge is 0.142 e. The number of halogens is 2. The molecule has 0 saturated carbocycles. The van der Waals surface area contributed by atoms with E-state index in [0.717, 1.165) is 36.6 Å². The van der Waals surface area contributed by atoms with Crippen LogP contribution in [0.25, 0.3) is 0 Å². The molecule has 0 aliphatic carbocycles. The van der Waals surface area contributed by atoms with Crippen molar-refractivity contribution in [3.05, 3.63) is 52.3 Å². The van der Waals surface area contributed by atoms with Crippen molar-refractivity contribution in [1.82, 2.24) is 14.9 Å². The van der Waals surface area contributed by atoms with Crippen LogP contribution in [-0.4, -0.2) is 16.1 Å². The summed E-state index contributed by atoms with van der Waals surface area (Å²) in [6.07, 6.45) is 2.94. The van der Waals surface area contributed by atoms with E-state index in [4.69, 9.17) is 11.6 Å². The molecule has 1 heterocycles. The summed E-state index contributed by atoms with van der Waals surface area (Å²) in [4.78, 5) is 4.33. The van der Waals surface area contributed by atoms with Crippen molar-refractivity contribution < 1.29 is 4.39 Å². The average molecular weight is 296 g/mol. The van der Waals surface area contributed by atoms with Crippen molar-refractivity contribution in [1.29, 1.82) is 0 Å². The molecule has 2 aromatic rings. The van der Waals surface area contributed by atoms with Gasteiger partial charge in [0.2, 0.25) is 0 Å². The second kappa shape index (κ2) is 6.86. The number of rotatable bonds is 6. The molecule has 0 spiro atoms. The SMILES string of the molecule is CCCNCc1cnc(C)n1Cc1cccc(F)c1Cl. The van der Waals surface area contributed by atoms with Crippen LogP contribution in [0.1, 0.15) is 30.4 Å². The van der Waals surface area contributed by atoms with Crippen LogP contribution in [0.15, 0.2) is 24.4 Å². The van der Waals surface area contributed by atoms with Gasteiger partial charge < -0.3 is 9.88 Å². The summed E-state index contributed by atoms with van der Waals surface area (Å²) in [5, 5.41) is 3.54. The van der Waals surface area contributed by atoms with E-state index in [2.05, 4.69) is 21.8 Å². The van der Waals surface area contributed by atoms with Crippen LogP contribution < -0.4 is 5.32 Å². The predicted octanol–water partition coefficient (Wildman–Crippen LogP) is 3.53. The summed E-state index contributed by atoms with van der Waals surface area (Å²) in [6, 6.07) is 4.89. The first kappa shape index (κ1) is 15.0. The van der Waals surface area contributed by atoms with E-state index in [0.29, 0.717) is 6.54 Å². The van der Waals surface area contributed by atoms with Crippen LogP contribution in [0.5, 0.6) is 0 Å². The third-order valence-electron chi connectivity index (χ3n) is 3.23. The van der Waals surface area contributed by atoms with Gasteiger partial charge in [0.05, 0.1) is 17.3 Å². The molecule has 1 N–H and O–H groups in total. The monoisotopic (exact) mass is 295 g/mol. The second-order valence-electron chi connectivity index (χ2n) is 4.77. The van der Waals surface area contributed by atoms with Crippen molar-refractivity contribution in [2.45, 2.75) is 33.4 Å². The Morgan fingerprint density at radius 2 is 2.20 bits per heavy atom. The Morgan fingerprint density at radius 3 is 2.95 bits per heavy atom. The van der Waals surface area contributed by atoms with E-state index in [1.54, 1.807) is 6.07 Å². The topological polar surface area (TPSA) is 29.9 Å². The molecule has 5 heteroatoms. The molecule has 2 rings (SSSR count). The van der Waals surface area contributed by atoms with Crippen LogP contribution in [-0.2, 0) is 13.1 Å². The number of nitrogens with one attached hydrogen (secondary N) is 1. The fourth-order valence-corrected chi connectivity index (χ4v) is 2.29. The zero-order valence-corrected chi connectivity index (χ0v) is 12.5. The van der Waals surface area contributed by atoms with E-state index in [1.807, 2.05) is 19.2 Å². The maximum Gasteiger partial charge on any atom is 0.142 e. The molecule has 0 fully saturated rings. The lowest BCUT2D eigenvalue weighted by atomic mass is 10.2. The molecule has 0 aliphatic rings. The highest BCUT2D eigenvalue weighted by Crippen LogP contribution is 2.21. The van der Waals surface area contributed by atoms with Gasteiger partial charge in [0.25, 0.3) is 0 Å². The second-order valence-corrected chi connectivity index (χ2v) is 5.15. The van der Waals surface area contributed by atoms with Crippen molar-refractivity contribution in [3.63, 3.8) is 0 Å². The molecule has 0 aliphatic heterocycles. The van der Waals surface area contributed by atoms with Crippen LogP contribution in [0, 0.1) is 12.7 Å². The molecule has 0 bridgehead atoms. The number of aromatic nitrogens is 2. The fourth-order valence-electron chi connectivity index (χ4n) is 2.11. The lowest BCUT2D eigenvalue weighted by molar-refractivity contribution is 0.611. The molecule has 0 amide bonds. The summed E-state index contributed by atoms with van der Waals surface area (Å²) < 4.78 is 15.5. The van der Waals surface area contributed by atoms with Crippen LogP contribution in [0.2, 0.25) is 5.02 Å². The maximum atomic E-state index is 13.5. The zero-order chi connectivity index (χ0) is 14.5. The predicted molar refractivity (Wildman–Crippen MR) is 79.5 cm³/mol. The quantitative estimate of drug-likeness (QED) is 0.826. The Balaban J connectivity index is 2.20. The molecule has 0 radical (unpaired) electrons. The Morgan fingerprint density at radius 1 is 1.40 bits per heavy atom. The molecule has 0 saturated heterocycles. The number of benzene rings is 1. The van der Waals surface area contributed by atoms with Crippen LogP contribution in [0.3, 0.4) is 0 Å². The summed E-state index contributed by atoms with van der Waals surface area (Å²) in [6.45, 7) is 6.32. The molecule has 108 valence electrons. The highest BCUT2D eigenvalue weighted by Gasteiger charge is 2.11. The minimum atomic E-state index is -0.382. The number of hydrogen-bond donors (Lipinski definition) is 1. The van der Waals surface area contributed by atoms with Crippen molar-refractivity contribution in [3.8, 4) is 0 Å². The summed E-state index contributed by atoms with van der Waals surface area (Å²) in [5.74, 6) is 0.520. The average Bonchev–Trinajstić information content (AvgIpc) is 2.77. The van der Waals surface area contributed by atoms with Gasteiger partial charge in [-0.25, -0.2) is 9.37 Å². The van der Waals surface area contributed by atoms with Crippen molar-refractivity contribution in [2.24, 2.45) is 0 Å². The third-order valence-corrected chi connectivity index (χ3v) is 3.65. The van der Waals surface area contributed by atoms with Gasteiger partial charge in [-0.05, 0) is 31.5 Å². The first-order valence-electron chi connectivity index (χ1n) is 6.78. The van der Waals surface area contributed by atoms with E-state index in [9.17, 15) is 4.39 Å².